The number of carbonyl (C=O) groups is 1. The molecule has 0 aromatic carbocycles. The van der Waals surface area contributed by atoms with E-state index in [-0.39, 0.29) is 17.7 Å². The van der Waals surface area contributed by atoms with Gasteiger partial charge in [-0.25, -0.2) is 0 Å². The summed E-state index contributed by atoms with van der Waals surface area (Å²) in [6.07, 6.45) is 3.54. The maximum Gasteiger partial charge on any atom is 0.272 e. The molecule has 0 unspecified atom stereocenters. The number of aromatic nitrogens is 3. The molecule has 3 rings (SSSR count). The molecule has 0 aliphatic carbocycles. The number of likely N-dealkylation sites (tertiary alicyclic amines) is 1. The molecule has 0 N–H and O–H groups in total. The van der Waals surface area contributed by atoms with Crippen LogP contribution in [-0.2, 0) is 0 Å². The summed E-state index contributed by atoms with van der Waals surface area (Å²) in [5.74, 6) is 1.69. The molecule has 0 radical (unpaired) electrons. The van der Waals surface area contributed by atoms with Crippen molar-refractivity contribution in [3.8, 4) is 0 Å². The quantitative estimate of drug-likeness (QED) is 0.871. The Bertz CT molecular complexity index is 639. The van der Waals surface area contributed by atoms with Gasteiger partial charge in [-0.1, -0.05) is 25.1 Å². The molecule has 0 bridgehead atoms. The van der Waals surface area contributed by atoms with Gasteiger partial charge in [0.05, 0.1) is 5.92 Å². The van der Waals surface area contributed by atoms with Gasteiger partial charge in [-0.05, 0) is 25.0 Å². The third kappa shape index (κ3) is 3.00. The third-order valence-electron chi connectivity index (χ3n) is 3.92. The van der Waals surface area contributed by atoms with Gasteiger partial charge >= 0.3 is 0 Å². The largest absolute Gasteiger partial charge is 0.339 e. The summed E-state index contributed by atoms with van der Waals surface area (Å²) in [5.41, 5.74) is 0.483. The van der Waals surface area contributed by atoms with E-state index in [4.69, 9.17) is 4.52 Å². The van der Waals surface area contributed by atoms with Crippen LogP contribution < -0.4 is 0 Å². The number of amides is 1. The maximum atomic E-state index is 12.5. The Hall–Kier alpha value is -2.24. The molecule has 116 valence electrons. The second-order valence-corrected chi connectivity index (χ2v) is 5.95. The van der Waals surface area contributed by atoms with Gasteiger partial charge in [0.15, 0.2) is 5.82 Å². The van der Waals surface area contributed by atoms with Crippen molar-refractivity contribution >= 4 is 5.91 Å². The predicted octanol–water partition coefficient (Wildman–Crippen LogP) is 2.61. The van der Waals surface area contributed by atoms with Crippen LogP contribution in [0.3, 0.4) is 0 Å². The summed E-state index contributed by atoms with van der Waals surface area (Å²) in [5, 5.41) is 4.02. The van der Waals surface area contributed by atoms with E-state index in [0.29, 0.717) is 18.1 Å². The lowest BCUT2D eigenvalue weighted by Gasteiger charge is -2.30. The van der Waals surface area contributed by atoms with Gasteiger partial charge in [0.1, 0.15) is 5.69 Å². The lowest BCUT2D eigenvalue weighted by Crippen LogP contribution is -2.39. The topological polar surface area (TPSA) is 72.1 Å². The highest BCUT2D eigenvalue weighted by molar-refractivity contribution is 5.92. The number of carbonyl (C=O) groups excluding carboxylic acids is 1. The van der Waals surface area contributed by atoms with Crippen molar-refractivity contribution in [1.29, 1.82) is 0 Å². The Kier molecular flexibility index (Phi) is 4.18. The van der Waals surface area contributed by atoms with Crippen molar-refractivity contribution in [3.05, 3.63) is 41.8 Å². The van der Waals surface area contributed by atoms with Crippen molar-refractivity contribution in [3.63, 3.8) is 0 Å². The standard InChI is InChI=1S/C16H20N4O2/c1-11(2)14-18-15(22-19-14)12-6-5-9-20(10-12)16(21)13-7-3-4-8-17-13/h3-4,7-8,11-12H,5-6,9-10H2,1-2H3/t12-/m0/s1. The number of piperidine rings is 1. The molecule has 6 heteroatoms. The van der Waals surface area contributed by atoms with Crippen LogP contribution in [0.1, 0.15) is 60.7 Å². The van der Waals surface area contributed by atoms with Crippen LogP contribution in [-0.4, -0.2) is 39.0 Å². The van der Waals surface area contributed by atoms with E-state index >= 15 is 0 Å². The molecule has 2 aromatic heterocycles. The highest BCUT2D eigenvalue weighted by Crippen LogP contribution is 2.27. The number of nitrogens with zero attached hydrogens (tertiary/aromatic N) is 4. The number of pyridine rings is 1. The lowest BCUT2D eigenvalue weighted by molar-refractivity contribution is 0.0689. The van der Waals surface area contributed by atoms with E-state index in [1.807, 2.05) is 30.9 Å². The van der Waals surface area contributed by atoms with Gasteiger partial charge in [0, 0.05) is 25.2 Å². The van der Waals surface area contributed by atoms with Crippen molar-refractivity contribution < 1.29 is 9.32 Å². The summed E-state index contributed by atoms with van der Waals surface area (Å²) in [6, 6.07) is 5.38. The number of hydrogen-bond acceptors (Lipinski definition) is 5. The highest BCUT2D eigenvalue weighted by Gasteiger charge is 2.29. The first-order chi connectivity index (χ1) is 10.6. The molecule has 6 nitrogen and oxygen atoms in total. The van der Waals surface area contributed by atoms with Gasteiger partial charge in [-0.15, -0.1) is 0 Å². The average Bonchev–Trinajstić information content (AvgIpc) is 3.05. The van der Waals surface area contributed by atoms with E-state index in [1.165, 1.54) is 0 Å². The average molecular weight is 300 g/mol. The van der Waals surface area contributed by atoms with Crippen molar-refractivity contribution in [1.82, 2.24) is 20.0 Å². The zero-order chi connectivity index (χ0) is 15.5. The van der Waals surface area contributed by atoms with Crippen LogP contribution in [0.5, 0.6) is 0 Å². The fourth-order valence-corrected chi connectivity index (χ4v) is 2.66. The van der Waals surface area contributed by atoms with E-state index in [2.05, 4.69) is 15.1 Å². The van der Waals surface area contributed by atoms with E-state index in [0.717, 1.165) is 25.2 Å². The van der Waals surface area contributed by atoms with Gasteiger partial charge in [-0.2, -0.15) is 4.98 Å². The van der Waals surface area contributed by atoms with Crippen molar-refractivity contribution in [2.45, 2.75) is 38.5 Å². The molecule has 1 fully saturated rings. The minimum atomic E-state index is -0.0334. The van der Waals surface area contributed by atoms with Gasteiger partial charge in [0.2, 0.25) is 5.89 Å². The maximum absolute atomic E-state index is 12.5. The molecule has 0 spiro atoms. The van der Waals surface area contributed by atoms with Crippen LogP contribution in [0.15, 0.2) is 28.9 Å². The molecule has 2 aromatic rings. The second-order valence-electron chi connectivity index (χ2n) is 5.95. The van der Waals surface area contributed by atoms with Crippen LogP contribution in [0.2, 0.25) is 0 Å². The summed E-state index contributed by atoms with van der Waals surface area (Å²) < 4.78 is 5.38. The summed E-state index contributed by atoms with van der Waals surface area (Å²) in [6.45, 7) is 5.42. The number of rotatable bonds is 3. The normalized spacial score (nSPS) is 18.7. The molecule has 22 heavy (non-hydrogen) atoms. The zero-order valence-electron chi connectivity index (χ0n) is 12.9. The minimum Gasteiger partial charge on any atom is -0.339 e. The van der Waals surface area contributed by atoms with E-state index in [1.54, 1.807) is 12.3 Å². The molecule has 0 saturated carbocycles. The summed E-state index contributed by atoms with van der Waals surface area (Å²) in [7, 11) is 0. The summed E-state index contributed by atoms with van der Waals surface area (Å²) >= 11 is 0. The fraction of sp³-hybridized carbons (Fsp3) is 0.500. The molecule has 1 aliphatic rings. The van der Waals surface area contributed by atoms with Crippen LogP contribution in [0.25, 0.3) is 0 Å². The van der Waals surface area contributed by atoms with Crippen molar-refractivity contribution in [2.75, 3.05) is 13.1 Å². The Morgan fingerprint density at radius 3 is 2.95 bits per heavy atom. The molecule has 1 amide bonds. The third-order valence-corrected chi connectivity index (χ3v) is 3.92. The Morgan fingerprint density at radius 2 is 2.27 bits per heavy atom. The van der Waals surface area contributed by atoms with Crippen LogP contribution in [0.4, 0.5) is 0 Å². The highest BCUT2D eigenvalue weighted by atomic mass is 16.5. The van der Waals surface area contributed by atoms with E-state index < -0.39 is 0 Å². The Balaban J connectivity index is 1.72. The molecule has 1 saturated heterocycles. The molecule has 1 aliphatic heterocycles. The second kappa shape index (κ2) is 6.25. The summed E-state index contributed by atoms with van der Waals surface area (Å²) in [4.78, 5) is 22.9. The SMILES string of the molecule is CC(C)c1noc([C@H]2CCCN(C(=O)c3ccccn3)C2)n1. The smallest absolute Gasteiger partial charge is 0.272 e. The van der Waals surface area contributed by atoms with Gasteiger partial charge < -0.3 is 9.42 Å². The predicted molar refractivity (Wildman–Crippen MR) is 80.5 cm³/mol. The number of hydrogen-bond donors (Lipinski definition) is 0. The van der Waals surface area contributed by atoms with Crippen molar-refractivity contribution in [2.24, 2.45) is 0 Å². The monoisotopic (exact) mass is 300 g/mol. The van der Waals surface area contributed by atoms with E-state index in [9.17, 15) is 4.79 Å². The lowest BCUT2D eigenvalue weighted by atomic mass is 9.97. The molecule has 1 atom stereocenters. The first-order valence-electron chi connectivity index (χ1n) is 7.69. The Morgan fingerprint density at radius 1 is 1.41 bits per heavy atom. The zero-order valence-corrected chi connectivity index (χ0v) is 12.9. The van der Waals surface area contributed by atoms with Gasteiger partial charge in [0.25, 0.3) is 5.91 Å². The molecule has 3 heterocycles. The molecular weight excluding hydrogens is 280 g/mol. The minimum absolute atomic E-state index is 0.0334. The first kappa shape index (κ1) is 14.7. The Labute approximate surface area is 129 Å². The van der Waals surface area contributed by atoms with Crippen LogP contribution >= 0.6 is 0 Å². The first-order valence-corrected chi connectivity index (χ1v) is 7.69. The van der Waals surface area contributed by atoms with Crippen LogP contribution in [0, 0.1) is 0 Å². The molecular formula is C16H20N4O2. The van der Waals surface area contributed by atoms with Gasteiger partial charge in [-0.3, -0.25) is 9.78 Å². The fourth-order valence-electron chi connectivity index (χ4n) is 2.66.